The zero-order valence-electron chi connectivity index (χ0n) is 61.5. The number of hydrogen-bond donors (Lipinski definition) is 0. The van der Waals surface area contributed by atoms with Gasteiger partial charge in [-0.15, -0.1) is 0 Å². The second-order valence-corrected chi connectivity index (χ2v) is 26.8. The fourth-order valence-electron chi connectivity index (χ4n) is 11.4. The molecule has 1 radical (unpaired) electrons. The van der Waals surface area contributed by atoms with Crippen LogP contribution in [0.2, 0.25) is 0 Å². The summed E-state index contributed by atoms with van der Waals surface area (Å²) in [5, 5.41) is 50.9. The molecule has 0 aromatic heterocycles. The van der Waals surface area contributed by atoms with Crippen molar-refractivity contribution in [2.45, 2.75) is 484 Å². The van der Waals surface area contributed by atoms with Crippen molar-refractivity contribution in [3.8, 4) is 0 Å². The Balaban J connectivity index is -0.000000247. The standard InChI is InChI=1S/5C16H32O2.V/c5*1-2-3-4-5-6-7-8-9-10-11-12-13-14-15-16(17)18;/h5*2-15H2,1H3,(H,17,18);/p-5. The molecule has 10 nitrogen and oxygen atoms in total. The minimum absolute atomic E-state index is 0. The molecule has 0 saturated heterocycles. The molecule has 11 heteroatoms. The molecule has 91 heavy (non-hydrogen) atoms. The smallest absolute Gasteiger partial charge is 0.0414 e. The first-order valence-electron chi connectivity index (χ1n) is 39.8. The Kier molecular flexibility index (Phi) is 106. The molecule has 0 bridgehead atoms. The summed E-state index contributed by atoms with van der Waals surface area (Å²) >= 11 is 0. The van der Waals surface area contributed by atoms with E-state index in [9.17, 15) is 49.5 Å². The maximum absolute atomic E-state index is 10.2. The van der Waals surface area contributed by atoms with Crippen molar-refractivity contribution in [3.05, 3.63) is 0 Å². The summed E-state index contributed by atoms with van der Waals surface area (Å²) in [7, 11) is 0. The van der Waals surface area contributed by atoms with Crippen LogP contribution in [0.5, 0.6) is 0 Å². The average molecular weight is 1330 g/mol. The van der Waals surface area contributed by atoms with Crippen molar-refractivity contribution in [2.24, 2.45) is 0 Å². The normalized spacial score (nSPS) is 10.6. The maximum Gasteiger partial charge on any atom is 0.0414 e. The largest absolute Gasteiger partial charge is 0.550 e. The van der Waals surface area contributed by atoms with E-state index in [1.165, 1.54) is 353 Å². The number of rotatable bonds is 70. The molecule has 0 N–H and O–H groups in total. The SMILES string of the molecule is CCCCCCCCCCCCCCCC(=O)[O-].CCCCCCCCCCCCCCCC(=O)[O-].CCCCCCCCCCCCCCCC(=O)[O-].CCCCCCCCCCCCCCCC(=O)[O-].CCCCCCCCCCCCCCCC(=O)[O-].[V]. The van der Waals surface area contributed by atoms with Gasteiger partial charge in [0.25, 0.3) is 0 Å². The van der Waals surface area contributed by atoms with Crippen molar-refractivity contribution >= 4 is 29.8 Å². The Hall–Kier alpha value is -2.07. The number of hydrogen-bond acceptors (Lipinski definition) is 10. The average Bonchev–Trinajstić information content (AvgIpc) is 3.51. The van der Waals surface area contributed by atoms with E-state index in [0.717, 1.165) is 64.2 Å². The summed E-state index contributed by atoms with van der Waals surface area (Å²) in [5.41, 5.74) is 0. The summed E-state index contributed by atoms with van der Waals surface area (Å²) in [5.74, 6) is -4.52. The van der Waals surface area contributed by atoms with Gasteiger partial charge in [0.15, 0.2) is 0 Å². The van der Waals surface area contributed by atoms with Gasteiger partial charge in [0.2, 0.25) is 0 Å². The van der Waals surface area contributed by atoms with Gasteiger partial charge in [0.05, 0.1) is 0 Å². The van der Waals surface area contributed by atoms with Crippen LogP contribution in [0.4, 0.5) is 0 Å². The van der Waals surface area contributed by atoms with E-state index in [4.69, 9.17) is 0 Å². The van der Waals surface area contributed by atoms with Crippen LogP contribution in [-0.2, 0) is 42.5 Å². The molecular weight excluding hydrogens is 1170 g/mol. The van der Waals surface area contributed by atoms with Crippen molar-refractivity contribution < 1.29 is 68.1 Å². The molecule has 0 heterocycles. The number of carbonyl (C=O) groups excluding carboxylic acids is 5. The van der Waals surface area contributed by atoms with Gasteiger partial charge < -0.3 is 49.5 Å². The molecule has 0 aromatic rings. The van der Waals surface area contributed by atoms with E-state index in [1.807, 2.05) is 0 Å². The molecule has 0 unspecified atom stereocenters. The molecule has 0 saturated carbocycles. The second-order valence-electron chi connectivity index (χ2n) is 26.8. The molecule has 0 aliphatic heterocycles. The van der Waals surface area contributed by atoms with E-state index in [0.29, 0.717) is 0 Å². The van der Waals surface area contributed by atoms with Gasteiger partial charge in [0, 0.05) is 48.4 Å². The Labute approximate surface area is 578 Å². The first-order valence-corrected chi connectivity index (χ1v) is 39.8. The fourth-order valence-corrected chi connectivity index (χ4v) is 11.4. The first-order chi connectivity index (χ1) is 43.9. The van der Waals surface area contributed by atoms with Gasteiger partial charge >= 0.3 is 0 Å². The zero-order chi connectivity index (χ0) is 67.4. The van der Waals surface area contributed by atoms with Gasteiger partial charge in [-0.1, -0.05) is 420 Å². The van der Waals surface area contributed by atoms with Gasteiger partial charge in [-0.2, -0.15) is 0 Å². The van der Waals surface area contributed by atoms with Crippen LogP contribution in [0.1, 0.15) is 484 Å². The van der Waals surface area contributed by atoms with Crippen LogP contribution in [0.25, 0.3) is 0 Å². The summed E-state index contributed by atoms with van der Waals surface area (Å²) in [6.07, 6.45) is 84.7. The number of carboxylic acid groups (broad SMARTS) is 5. The predicted molar refractivity (Wildman–Crippen MR) is 377 cm³/mol. The van der Waals surface area contributed by atoms with E-state index in [1.54, 1.807) is 0 Å². The van der Waals surface area contributed by atoms with Gasteiger partial charge in [-0.25, -0.2) is 0 Å². The Morgan fingerprint density at radius 3 is 0.275 bits per heavy atom. The summed E-state index contributed by atoms with van der Waals surface area (Å²) in [6.45, 7) is 11.3. The zero-order valence-corrected chi connectivity index (χ0v) is 62.9. The molecule has 0 spiro atoms. The minimum atomic E-state index is -0.905. The van der Waals surface area contributed by atoms with Crippen molar-refractivity contribution in [1.82, 2.24) is 0 Å². The fraction of sp³-hybridized carbons (Fsp3) is 0.938. The van der Waals surface area contributed by atoms with Crippen LogP contribution in [0, 0.1) is 0 Å². The van der Waals surface area contributed by atoms with Crippen LogP contribution < -0.4 is 25.5 Å². The summed E-state index contributed by atoms with van der Waals surface area (Å²) in [4.78, 5) is 50.9. The number of unbranched alkanes of at least 4 members (excludes halogenated alkanes) is 60. The Morgan fingerprint density at radius 2 is 0.209 bits per heavy atom. The third-order valence-corrected chi connectivity index (χ3v) is 17.4. The molecule has 545 valence electrons. The van der Waals surface area contributed by atoms with Gasteiger partial charge in [-0.3, -0.25) is 0 Å². The van der Waals surface area contributed by atoms with E-state index in [2.05, 4.69) is 34.6 Å². The van der Waals surface area contributed by atoms with E-state index >= 15 is 0 Å². The molecule has 0 aliphatic carbocycles. The number of aliphatic carboxylic acids is 5. The van der Waals surface area contributed by atoms with Gasteiger partial charge in [-0.05, 0) is 64.2 Å². The van der Waals surface area contributed by atoms with Crippen LogP contribution in [-0.4, -0.2) is 29.8 Å². The number of carbonyl (C=O) groups is 5. The van der Waals surface area contributed by atoms with Crippen LogP contribution in [0.15, 0.2) is 0 Å². The summed E-state index contributed by atoms with van der Waals surface area (Å²) < 4.78 is 0. The predicted octanol–water partition coefficient (Wildman–Crippen LogP) is 21.1. The Morgan fingerprint density at radius 1 is 0.143 bits per heavy atom. The number of carboxylic acids is 5. The minimum Gasteiger partial charge on any atom is -0.550 e. The van der Waals surface area contributed by atoms with E-state index < -0.39 is 29.8 Å². The van der Waals surface area contributed by atoms with Crippen molar-refractivity contribution in [2.75, 3.05) is 0 Å². The maximum atomic E-state index is 10.2. The molecule has 0 rings (SSSR count). The second kappa shape index (κ2) is 96.6. The third-order valence-electron chi connectivity index (χ3n) is 17.4. The molecule has 0 atom stereocenters. The van der Waals surface area contributed by atoms with Crippen LogP contribution >= 0.6 is 0 Å². The Bertz CT molecular complexity index is 1130. The molecular formula is C80H155O10V-5. The molecule has 0 fully saturated rings. The first kappa shape index (κ1) is 100.0. The molecule has 0 aromatic carbocycles. The van der Waals surface area contributed by atoms with Crippen molar-refractivity contribution in [3.63, 3.8) is 0 Å². The topological polar surface area (TPSA) is 201 Å². The van der Waals surface area contributed by atoms with Gasteiger partial charge in [0.1, 0.15) is 0 Å². The van der Waals surface area contributed by atoms with Crippen molar-refractivity contribution in [1.29, 1.82) is 0 Å². The summed E-state index contributed by atoms with van der Waals surface area (Å²) in [6, 6.07) is 0. The monoisotopic (exact) mass is 1330 g/mol. The molecule has 0 amide bonds. The van der Waals surface area contributed by atoms with Crippen LogP contribution in [0.3, 0.4) is 0 Å². The quantitative estimate of drug-likeness (QED) is 0.0528. The van der Waals surface area contributed by atoms with E-state index in [-0.39, 0.29) is 50.7 Å². The molecule has 0 aliphatic rings. The third kappa shape index (κ3) is 122.